The molecule has 0 atom stereocenters. The van der Waals surface area contributed by atoms with Crippen molar-refractivity contribution < 1.29 is 10.5 Å². The van der Waals surface area contributed by atoms with Crippen molar-refractivity contribution >= 4 is 17.0 Å². The van der Waals surface area contributed by atoms with E-state index in [1.165, 1.54) is 12.7 Å². The Hall–Kier alpha value is -1.73. The van der Waals surface area contributed by atoms with Crippen LogP contribution in [0.5, 0.6) is 0 Å². The molecule has 0 spiro atoms. The van der Waals surface area contributed by atoms with E-state index in [2.05, 4.69) is 19.9 Å². The quantitative estimate of drug-likeness (QED) is 0.324. The Labute approximate surface area is 66.8 Å². The molecule has 7 heteroatoms. The van der Waals surface area contributed by atoms with Crippen LogP contribution in [0.3, 0.4) is 0 Å². The number of hydrogen-bond acceptors (Lipinski definition) is 6. The summed E-state index contributed by atoms with van der Waals surface area (Å²) in [4.78, 5) is 14.4. The van der Waals surface area contributed by atoms with Gasteiger partial charge in [0, 0.05) is 0 Å². The van der Waals surface area contributed by atoms with Crippen LogP contribution in [0.15, 0.2) is 12.7 Å². The van der Waals surface area contributed by atoms with E-state index in [-0.39, 0.29) is 0 Å². The van der Waals surface area contributed by atoms with Crippen molar-refractivity contribution in [3.63, 3.8) is 0 Å². The van der Waals surface area contributed by atoms with E-state index in [1.807, 2.05) is 0 Å². The van der Waals surface area contributed by atoms with Crippen LogP contribution >= 0.6 is 0 Å². The summed E-state index contributed by atoms with van der Waals surface area (Å²) in [6, 6.07) is 0. The summed E-state index contributed by atoms with van der Waals surface area (Å²) in [6.07, 6.45) is 2.94. The lowest BCUT2D eigenvalue weighted by Gasteiger charge is -1.88. The first kappa shape index (κ1) is 8.37. The molecule has 0 saturated carbocycles. The first-order valence-electron chi connectivity index (χ1n) is 2.97. The lowest BCUT2D eigenvalue weighted by molar-refractivity contribution is -0.176. The number of nitrogens with two attached hydrogens (primary N) is 1. The largest absolute Gasteiger partial charge is 0.382 e. The second-order valence-corrected chi connectivity index (χ2v) is 1.86. The van der Waals surface area contributed by atoms with Gasteiger partial charge in [-0.25, -0.2) is 15.0 Å². The second-order valence-electron chi connectivity index (χ2n) is 1.86. The highest BCUT2D eigenvalue weighted by Gasteiger charge is 1.99. The fraction of sp³-hybridized carbons (Fsp3) is 0. The van der Waals surface area contributed by atoms with E-state index >= 15 is 0 Å². The van der Waals surface area contributed by atoms with Crippen molar-refractivity contribution in [2.75, 3.05) is 5.73 Å². The summed E-state index contributed by atoms with van der Waals surface area (Å²) < 4.78 is 0. The third kappa shape index (κ3) is 1.31. The number of nitrogen functional groups attached to an aromatic ring is 1. The minimum Gasteiger partial charge on any atom is -0.382 e. The van der Waals surface area contributed by atoms with Gasteiger partial charge in [-0.05, 0) is 0 Å². The molecular formula is C5H7N5O2. The molecule has 5 N–H and O–H groups in total. The van der Waals surface area contributed by atoms with Crippen LogP contribution in [0.25, 0.3) is 11.2 Å². The Morgan fingerprint density at radius 1 is 1.25 bits per heavy atom. The van der Waals surface area contributed by atoms with E-state index in [4.69, 9.17) is 16.2 Å². The molecule has 2 aromatic rings. The Morgan fingerprint density at radius 2 is 2.00 bits per heavy atom. The number of fused-ring (bicyclic) bond motifs is 1. The van der Waals surface area contributed by atoms with Crippen LogP contribution in [-0.2, 0) is 0 Å². The second kappa shape index (κ2) is 3.60. The molecule has 2 aromatic heterocycles. The summed E-state index contributed by atoms with van der Waals surface area (Å²) >= 11 is 0. The van der Waals surface area contributed by atoms with Gasteiger partial charge in [0.05, 0.1) is 6.33 Å². The van der Waals surface area contributed by atoms with E-state index in [0.717, 1.165) is 0 Å². The van der Waals surface area contributed by atoms with Crippen molar-refractivity contribution in [2.24, 2.45) is 0 Å². The van der Waals surface area contributed by atoms with Crippen LogP contribution in [0.2, 0.25) is 0 Å². The number of rotatable bonds is 0. The van der Waals surface area contributed by atoms with Gasteiger partial charge in [0.2, 0.25) is 0 Å². The minimum atomic E-state index is 0.409. The molecule has 0 aliphatic carbocycles. The number of hydrogen-bond donors (Lipinski definition) is 4. The van der Waals surface area contributed by atoms with Crippen LogP contribution in [0.1, 0.15) is 0 Å². The highest BCUT2D eigenvalue weighted by atomic mass is 17.0. The van der Waals surface area contributed by atoms with E-state index in [1.54, 1.807) is 0 Å². The molecule has 0 radical (unpaired) electrons. The lowest BCUT2D eigenvalue weighted by Crippen LogP contribution is -1.91. The van der Waals surface area contributed by atoms with Crippen molar-refractivity contribution in [2.45, 2.75) is 0 Å². The van der Waals surface area contributed by atoms with Gasteiger partial charge in [-0.2, -0.15) is 0 Å². The lowest BCUT2D eigenvalue weighted by atomic mass is 10.5. The number of imidazole rings is 1. The molecule has 2 heterocycles. The predicted octanol–water partition coefficient (Wildman–Crippen LogP) is -0.0475. The molecule has 0 amide bonds. The summed E-state index contributed by atoms with van der Waals surface area (Å²) in [7, 11) is 0. The maximum atomic E-state index is 6.00. The van der Waals surface area contributed by atoms with Crippen molar-refractivity contribution in [3.05, 3.63) is 12.7 Å². The Bertz CT molecular complexity index is 359. The summed E-state index contributed by atoms with van der Waals surface area (Å²) in [5.74, 6) is 0.409. The molecular weight excluding hydrogens is 162 g/mol. The third-order valence-corrected chi connectivity index (χ3v) is 1.25. The maximum absolute atomic E-state index is 6.00. The van der Waals surface area contributed by atoms with Gasteiger partial charge in [-0.15, -0.1) is 0 Å². The molecule has 0 aliphatic rings. The maximum Gasteiger partial charge on any atom is 0.162 e. The van der Waals surface area contributed by atoms with Crippen molar-refractivity contribution in [1.82, 2.24) is 19.9 Å². The van der Waals surface area contributed by atoms with Gasteiger partial charge in [0.25, 0.3) is 0 Å². The molecule has 0 bridgehead atoms. The van der Waals surface area contributed by atoms with Gasteiger partial charge < -0.3 is 10.7 Å². The fourth-order valence-electron chi connectivity index (χ4n) is 0.783. The number of anilines is 1. The molecule has 0 aromatic carbocycles. The van der Waals surface area contributed by atoms with E-state index in [0.29, 0.717) is 17.0 Å². The number of nitrogens with zero attached hydrogens (tertiary/aromatic N) is 3. The standard InChI is InChI=1S/C5H5N5.H2O2/c6-4-3-5(9-1-7-3)10-2-8-4;1-2/h1-2H,(H3,6,7,8,9,10);1-2H. The SMILES string of the molecule is Nc1ncnc2[nH]cnc12.OO. The number of H-pyrrole nitrogens is 1. The molecule has 0 fully saturated rings. The third-order valence-electron chi connectivity index (χ3n) is 1.25. The van der Waals surface area contributed by atoms with Crippen LogP contribution in [-0.4, -0.2) is 30.5 Å². The van der Waals surface area contributed by atoms with Crippen LogP contribution in [0, 0.1) is 0 Å². The molecule has 0 saturated heterocycles. The highest BCUT2D eigenvalue weighted by Crippen LogP contribution is 2.09. The molecule has 2 rings (SSSR count). The molecule has 0 aliphatic heterocycles. The van der Waals surface area contributed by atoms with Crippen LogP contribution in [0.4, 0.5) is 5.82 Å². The van der Waals surface area contributed by atoms with Crippen molar-refractivity contribution in [3.8, 4) is 0 Å². The minimum absolute atomic E-state index is 0.409. The average molecular weight is 169 g/mol. The Morgan fingerprint density at radius 3 is 2.67 bits per heavy atom. The van der Waals surface area contributed by atoms with Crippen molar-refractivity contribution in [1.29, 1.82) is 0 Å². The topological polar surface area (TPSA) is 121 Å². The molecule has 64 valence electrons. The predicted molar refractivity (Wildman–Crippen MR) is 41.4 cm³/mol. The monoisotopic (exact) mass is 169 g/mol. The normalized spacial score (nSPS) is 9.17. The zero-order chi connectivity index (χ0) is 8.97. The number of aromatic nitrogens is 4. The zero-order valence-corrected chi connectivity index (χ0v) is 5.97. The van der Waals surface area contributed by atoms with Crippen LogP contribution < -0.4 is 5.73 Å². The number of aromatic amines is 1. The first-order chi connectivity index (χ1) is 5.88. The Balaban J connectivity index is 0.000000336. The van der Waals surface area contributed by atoms with Gasteiger partial charge >= 0.3 is 0 Å². The molecule has 0 unspecified atom stereocenters. The van der Waals surface area contributed by atoms with Gasteiger partial charge in [-0.1, -0.05) is 0 Å². The molecule has 7 nitrogen and oxygen atoms in total. The van der Waals surface area contributed by atoms with Gasteiger partial charge in [0.15, 0.2) is 11.5 Å². The first-order valence-corrected chi connectivity index (χ1v) is 2.97. The van der Waals surface area contributed by atoms with Gasteiger partial charge in [0.1, 0.15) is 11.8 Å². The van der Waals surface area contributed by atoms with E-state index < -0.39 is 0 Å². The zero-order valence-electron chi connectivity index (χ0n) is 5.97. The summed E-state index contributed by atoms with van der Waals surface area (Å²) in [6.45, 7) is 0. The van der Waals surface area contributed by atoms with Gasteiger partial charge in [-0.3, -0.25) is 10.5 Å². The smallest absolute Gasteiger partial charge is 0.162 e. The molecule has 12 heavy (non-hydrogen) atoms. The van der Waals surface area contributed by atoms with E-state index in [9.17, 15) is 0 Å². The fourth-order valence-corrected chi connectivity index (χ4v) is 0.783. The Kier molecular flexibility index (Phi) is 2.51. The summed E-state index contributed by atoms with van der Waals surface area (Å²) in [5, 5.41) is 12.0. The highest BCUT2D eigenvalue weighted by molar-refractivity contribution is 5.80. The average Bonchev–Trinajstić information content (AvgIpc) is 2.57. The summed E-state index contributed by atoms with van der Waals surface area (Å²) in [5.41, 5.74) is 6.77. The number of nitrogens with one attached hydrogen (secondary N) is 1.